The van der Waals surface area contributed by atoms with Gasteiger partial charge < -0.3 is 15.1 Å². The Bertz CT molecular complexity index is 347. The van der Waals surface area contributed by atoms with Gasteiger partial charge in [0.15, 0.2) is 4.67 Å². The molecule has 0 atom stereocenters. The lowest BCUT2D eigenvalue weighted by molar-refractivity contribution is 0.0952. The third kappa shape index (κ3) is 3.07. The number of carbonyl (C=O) groups excluding carboxylic acids is 1. The van der Waals surface area contributed by atoms with Crippen molar-refractivity contribution in [3.63, 3.8) is 0 Å². The van der Waals surface area contributed by atoms with Crippen LogP contribution in [0.25, 0.3) is 0 Å². The Balaban J connectivity index is 1.69. The van der Waals surface area contributed by atoms with Gasteiger partial charge in [-0.3, -0.25) is 4.79 Å². The maximum absolute atomic E-state index is 11.6. The predicted molar refractivity (Wildman–Crippen MR) is 59.8 cm³/mol. The second-order valence-electron chi connectivity index (χ2n) is 3.59. The zero-order chi connectivity index (χ0) is 10.7. The molecule has 1 aliphatic carbocycles. The summed E-state index contributed by atoms with van der Waals surface area (Å²) in [6, 6.07) is 2.33. The molecule has 1 heterocycles. The smallest absolute Gasteiger partial charge is 0.255 e. The summed E-state index contributed by atoms with van der Waals surface area (Å²) in [7, 11) is 0. The Hall–Kier alpha value is -0.810. The van der Waals surface area contributed by atoms with Gasteiger partial charge in [-0.15, -0.1) is 0 Å². The molecule has 0 bridgehead atoms. The topological polar surface area (TPSA) is 54.3 Å². The van der Waals surface area contributed by atoms with Crippen LogP contribution in [0, 0.1) is 0 Å². The van der Waals surface area contributed by atoms with Crippen LogP contribution in [0.1, 0.15) is 23.2 Å². The van der Waals surface area contributed by atoms with Gasteiger partial charge >= 0.3 is 0 Å². The summed E-state index contributed by atoms with van der Waals surface area (Å²) in [6.07, 6.45) is 4.02. The fourth-order valence-electron chi connectivity index (χ4n) is 1.29. The minimum atomic E-state index is -0.103. The number of nitrogens with one attached hydrogen (secondary N) is 2. The first-order valence-electron chi connectivity index (χ1n) is 5.02. The lowest BCUT2D eigenvalue weighted by Gasteiger charge is -2.04. The minimum Gasteiger partial charge on any atom is -0.457 e. The summed E-state index contributed by atoms with van der Waals surface area (Å²) in [4.78, 5) is 11.6. The number of rotatable bonds is 5. The monoisotopic (exact) mass is 272 g/mol. The van der Waals surface area contributed by atoms with Crippen LogP contribution in [-0.4, -0.2) is 25.0 Å². The lowest BCUT2D eigenvalue weighted by atomic mass is 10.3. The summed E-state index contributed by atoms with van der Waals surface area (Å²) in [5.74, 6) is -0.103. The molecule has 0 radical (unpaired) electrons. The van der Waals surface area contributed by atoms with Crippen LogP contribution in [0.5, 0.6) is 0 Å². The minimum absolute atomic E-state index is 0.103. The molecule has 4 nitrogen and oxygen atoms in total. The number of hydrogen-bond donors (Lipinski definition) is 2. The van der Waals surface area contributed by atoms with Crippen LogP contribution in [0.3, 0.4) is 0 Å². The molecule has 0 spiro atoms. The van der Waals surface area contributed by atoms with Crippen molar-refractivity contribution in [3.05, 3.63) is 22.6 Å². The quantitative estimate of drug-likeness (QED) is 0.800. The average Bonchev–Trinajstić information content (AvgIpc) is 2.94. The highest BCUT2D eigenvalue weighted by Crippen LogP contribution is 2.18. The van der Waals surface area contributed by atoms with E-state index in [0.717, 1.165) is 6.54 Å². The Morgan fingerprint density at radius 1 is 1.53 bits per heavy atom. The third-order valence-electron chi connectivity index (χ3n) is 2.28. The summed E-state index contributed by atoms with van der Waals surface area (Å²) in [5, 5.41) is 6.14. The lowest BCUT2D eigenvalue weighted by Crippen LogP contribution is -2.32. The number of furan rings is 1. The molecular formula is C10H13BrN2O2. The van der Waals surface area contributed by atoms with Gasteiger partial charge in [-0.2, -0.15) is 0 Å². The van der Waals surface area contributed by atoms with E-state index in [0.29, 0.717) is 22.8 Å². The largest absolute Gasteiger partial charge is 0.457 e. The van der Waals surface area contributed by atoms with E-state index in [1.54, 1.807) is 6.07 Å². The summed E-state index contributed by atoms with van der Waals surface area (Å²) < 4.78 is 5.46. The van der Waals surface area contributed by atoms with Crippen molar-refractivity contribution >= 4 is 21.8 Å². The first-order chi connectivity index (χ1) is 7.27. The number of carbonyl (C=O) groups is 1. The van der Waals surface area contributed by atoms with E-state index < -0.39 is 0 Å². The predicted octanol–water partition coefficient (Wildman–Crippen LogP) is 1.52. The van der Waals surface area contributed by atoms with Crippen LogP contribution in [0.2, 0.25) is 0 Å². The van der Waals surface area contributed by atoms with Gasteiger partial charge in [0.2, 0.25) is 0 Å². The van der Waals surface area contributed by atoms with Crippen molar-refractivity contribution in [1.82, 2.24) is 10.6 Å². The van der Waals surface area contributed by atoms with Crippen LogP contribution < -0.4 is 10.6 Å². The third-order valence-corrected chi connectivity index (χ3v) is 2.90. The first kappa shape index (κ1) is 10.7. The van der Waals surface area contributed by atoms with Crippen molar-refractivity contribution in [1.29, 1.82) is 0 Å². The highest BCUT2D eigenvalue weighted by atomic mass is 79.9. The molecule has 1 aromatic heterocycles. The molecule has 0 aliphatic heterocycles. The highest BCUT2D eigenvalue weighted by Gasteiger charge is 2.19. The highest BCUT2D eigenvalue weighted by molar-refractivity contribution is 9.10. The molecule has 0 unspecified atom stereocenters. The van der Waals surface area contributed by atoms with Gasteiger partial charge in [-0.1, -0.05) is 0 Å². The molecule has 1 amide bonds. The van der Waals surface area contributed by atoms with Gasteiger partial charge in [-0.05, 0) is 34.8 Å². The van der Waals surface area contributed by atoms with Crippen molar-refractivity contribution < 1.29 is 9.21 Å². The van der Waals surface area contributed by atoms with Gasteiger partial charge in [0.05, 0.1) is 11.8 Å². The Morgan fingerprint density at radius 3 is 2.93 bits per heavy atom. The number of halogens is 1. The number of hydrogen-bond acceptors (Lipinski definition) is 3. The summed E-state index contributed by atoms with van der Waals surface area (Å²) in [5.41, 5.74) is 0.543. The molecule has 2 rings (SSSR count). The van der Waals surface area contributed by atoms with E-state index in [1.807, 2.05) is 0 Å². The van der Waals surface area contributed by atoms with Crippen molar-refractivity contribution in [3.8, 4) is 0 Å². The molecule has 1 fully saturated rings. The van der Waals surface area contributed by atoms with E-state index >= 15 is 0 Å². The van der Waals surface area contributed by atoms with E-state index in [4.69, 9.17) is 4.42 Å². The van der Waals surface area contributed by atoms with Gasteiger partial charge in [0, 0.05) is 19.1 Å². The first-order valence-corrected chi connectivity index (χ1v) is 5.81. The second kappa shape index (κ2) is 4.81. The van der Waals surface area contributed by atoms with Crippen molar-refractivity contribution in [2.45, 2.75) is 18.9 Å². The molecular weight excluding hydrogens is 260 g/mol. The molecule has 0 aromatic carbocycles. The maximum Gasteiger partial charge on any atom is 0.255 e. The molecule has 0 saturated heterocycles. The molecule has 82 valence electrons. The van der Waals surface area contributed by atoms with Crippen LogP contribution >= 0.6 is 15.9 Å². The summed E-state index contributed by atoms with van der Waals surface area (Å²) >= 11 is 3.17. The zero-order valence-corrected chi connectivity index (χ0v) is 9.84. The van der Waals surface area contributed by atoms with Crippen molar-refractivity contribution in [2.75, 3.05) is 13.1 Å². The van der Waals surface area contributed by atoms with E-state index in [-0.39, 0.29) is 5.91 Å². The summed E-state index contributed by atoms with van der Waals surface area (Å²) in [6.45, 7) is 1.47. The Labute approximate surface area is 96.5 Å². The van der Waals surface area contributed by atoms with E-state index in [1.165, 1.54) is 19.1 Å². The van der Waals surface area contributed by atoms with Crippen LogP contribution in [-0.2, 0) is 0 Å². The fraction of sp³-hybridized carbons (Fsp3) is 0.500. The van der Waals surface area contributed by atoms with Crippen LogP contribution in [0.15, 0.2) is 21.4 Å². The molecule has 5 heteroatoms. The van der Waals surface area contributed by atoms with Crippen LogP contribution in [0.4, 0.5) is 0 Å². The van der Waals surface area contributed by atoms with E-state index in [2.05, 4.69) is 26.6 Å². The molecule has 15 heavy (non-hydrogen) atoms. The molecule has 1 saturated carbocycles. The standard InChI is InChI=1S/C10H13BrN2O2/c11-9-8(3-6-15-9)10(14)13-5-4-12-7-1-2-7/h3,6-7,12H,1-2,4-5H2,(H,13,14). The Morgan fingerprint density at radius 2 is 2.33 bits per heavy atom. The normalized spacial score (nSPS) is 15.3. The number of amides is 1. The molecule has 1 aliphatic rings. The molecule has 2 N–H and O–H groups in total. The fourth-order valence-corrected chi connectivity index (χ4v) is 1.71. The van der Waals surface area contributed by atoms with Crippen molar-refractivity contribution in [2.24, 2.45) is 0 Å². The zero-order valence-electron chi connectivity index (χ0n) is 8.25. The van der Waals surface area contributed by atoms with Gasteiger partial charge in [-0.25, -0.2) is 0 Å². The average molecular weight is 273 g/mol. The van der Waals surface area contributed by atoms with Gasteiger partial charge in [0.25, 0.3) is 5.91 Å². The Kier molecular flexibility index (Phi) is 3.43. The maximum atomic E-state index is 11.6. The second-order valence-corrected chi connectivity index (χ2v) is 4.31. The van der Waals surface area contributed by atoms with E-state index in [9.17, 15) is 4.79 Å². The van der Waals surface area contributed by atoms with Gasteiger partial charge in [0.1, 0.15) is 0 Å². The molecule has 1 aromatic rings. The SMILES string of the molecule is O=C(NCCNC1CC1)c1ccoc1Br.